The number of pyridine rings is 1. The fraction of sp³-hybridized carbons (Fsp3) is 0.119. The number of imidazole rings is 1. The molecule has 2 heterocycles. The predicted octanol–water partition coefficient (Wildman–Crippen LogP) is 17.8. The van der Waals surface area contributed by atoms with E-state index in [1.54, 1.807) is 0 Å². The maximum atomic E-state index is 5.20. The van der Waals surface area contributed by atoms with Crippen LogP contribution in [0.2, 0.25) is 0 Å². The molecule has 13 rings (SSSR count). The molecule has 0 spiro atoms. The molecule has 1 atom stereocenters. The van der Waals surface area contributed by atoms with Gasteiger partial charge >= 0.3 is 0 Å². The van der Waals surface area contributed by atoms with Crippen LogP contribution in [0, 0.1) is 0 Å². The van der Waals surface area contributed by atoms with Crippen molar-refractivity contribution in [3.05, 3.63) is 265 Å². The summed E-state index contributed by atoms with van der Waals surface area (Å²) in [6.07, 6.45) is 10.1. The second-order valence-corrected chi connectivity index (χ2v) is 20.4. The fourth-order valence-corrected chi connectivity index (χ4v) is 12.0. The molecule has 0 saturated carbocycles. The van der Waals surface area contributed by atoms with Gasteiger partial charge < -0.3 is 9.80 Å². The van der Waals surface area contributed by atoms with Crippen LogP contribution in [-0.4, -0.2) is 9.38 Å². The first-order chi connectivity index (χ1) is 34.7. The number of anilines is 6. The molecular weight excluding hydrogens is 861 g/mol. The molecule has 0 saturated heterocycles. The summed E-state index contributed by atoms with van der Waals surface area (Å²) in [5.41, 5.74) is 23.8. The quantitative estimate of drug-likeness (QED) is 0.144. The van der Waals surface area contributed by atoms with Crippen molar-refractivity contribution in [2.45, 2.75) is 50.9 Å². The average molecular weight is 915 g/mol. The molecule has 0 amide bonds. The largest absolute Gasteiger partial charge is 0.310 e. The second kappa shape index (κ2) is 16.6. The van der Waals surface area contributed by atoms with E-state index in [1.165, 1.54) is 50.3 Å². The van der Waals surface area contributed by atoms with Gasteiger partial charge in [0.05, 0.1) is 11.4 Å². The Morgan fingerprint density at radius 1 is 0.451 bits per heavy atom. The van der Waals surface area contributed by atoms with Gasteiger partial charge in [-0.3, -0.25) is 4.40 Å². The number of aromatic nitrogens is 2. The van der Waals surface area contributed by atoms with E-state index in [9.17, 15) is 0 Å². The van der Waals surface area contributed by atoms with Gasteiger partial charge in [0, 0.05) is 68.2 Å². The molecule has 4 heteroatoms. The molecule has 4 nitrogen and oxygen atoms in total. The van der Waals surface area contributed by atoms with Crippen LogP contribution < -0.4 is 9.80 Å². The lowest BCUT2D eigenvalue weighted by atomic mass is 9.79. The summed E-state index contributed by atoms with van der Waals surface area (Å²) in [6.45, 7) is 9.55. The molecule has 0 fully saturated rings. The van der Waals surface area contributed by atoms with E-state index in [0.717, 1.165) is 68.5 Å². The second-order valence-electron chi connectivity index (χ2n) is 20.4. The van der Waals surface area contributed by atoms with Gasteiger partial charge in [-0.2, -0.15) is 0 Å². The first kappa shape index (κ1) is 42.6. The molecule has 3 aliphatic rings. The van der Waals surface area contributed by atoms with Crippen molar-refractivity contribution < 1.29 is 0 Å². The SMILES string of the molecule is CC1(C)C2=CC=CCC2c2ccc(N(c3ccc(-c4ccc(N(c5ccccc5)c5cccc(-c6nc7ccccn7c6-c6ccccc6)c5)cc4)cc3)c3ccc4c(c3)C(C)(C)c3ccccc3-4)cc21. The number of benzene rings is 8. The zero-order valence-corrected chi connectivity index (χ0v) is 40.6. The summed E-state index contributed by atoms with van der Waals surface area (Å²) in [7, 11) is 0. The lowest BCUT2D eigenvalue weighted by Crippen LogP contribution is -2.18. The smallest absolute Gasteiger partial charge is 0.137 e. The standard InChI is InChI=1S/C67H54N4/c1-66(2)59-26-13-11-24-55(59)57-39-37-53(43-61(57)66)71(54-38-40-58-56-25-12-14-27-60(56)67(3,4)62(58)44-54)51-35-31-46(32-36-51)45-29-33-50(34-30-45)70(49-21-9-6-10-22-49)52-23-17-20-48(42-52)64-65(47-18-7-5-8-19-47)69-41-16-15-28-63(69)68-64/h5-24,26-44,56H,25H2,1-4H3. The highest BCUT2D eigenvalue weighted by Crippen LogP contribution is 2.55. The van der Waals surface area contributed by atoms with Crippen LogP contribution in [0.3, 0.4) is 0 Å². The van der Waals surface area contributed by atoms with Gasteiger partial charge in [0.2, 0.25) is 0 Å². The van der Waals surface area contributed by atoms with Crippen LogP contribution in [0.5, 0.6) is 0 Å². The van der Waals surface area contributed by atoms with Gasteiger partial charge in [-0.05, 0) is 136 Å². The summed E-state index contributed by atoms with van der Waals surface area (Å²) in [4.78, 5) is 10.0. The van der Waals surface area contributed by atoms with Crippen molar-refractivity contribution in [3.8, 4) is 44.8 Å². The van der Waals surface area contributed by atoms with E-state index < -0.39 is 0 Å². The van der Waals surface area contributed by atoms with Crippen molar-refractivity contribution in [1.29, 1.82) is 0 Å². The minimum absolute atomic E-state index is 0.0517. The molecule has 0 N–H and O–H groups in total. The summed E-state index contributed by atoms with van der Waals surface area (Å²) < 4.78 is 2.19. The lowest BCUT2D eigenvalue weighted by Gasteiger charge is -2.30. The average Bonchev–Trinajstić information content (AvgIpc) is 4.00. The van der Waals surface area contributed by atoms with E-state index in [-0.39, 0.29) is 10.8 Å². The van der Waals surface area contributed by atoms with Crippen LogP contribution in [0.15, 0.2) is 242 Å². The zero-order valence-electron chi connectivity index (χ0n) is 40.6. The molecule has 342 valence electrons. The maximum Gasteiger partial charge on any atom is 0.137 e. The Morgan fingerprint density at radius 3 is 1.76 bits per heavy atom. The first-order valence-electron chi connectivity index (χ1n) is 25.0. The molecule has 0 radical (unpaired) electrons. The van der Waals surface area contributed by atoms with Gasteiger partial charge in [0.15, 0.2) is 0 Å². The normalized spacial score (nSPS) is 15.7. The van der Waals surface area contributed by atoms with E-state index >= 15 is 0 Å². The number of hydrogen-bond donors (Lipinski definition) is 0. The van der Waals surface area contributed by atoms with Gasteiger partial charge in [-0.1, -0.05) is 179 Å². The van der Waals surface area contributed by atoms with Crippen LogP contribution in [0.25, 0.3) is 50.4 Å². The number of rotatable bonds is 9. The number of para-hydroxylation sites is 1. The molecule has 3 aliphatic carbocycles. The van der Waals surface area contributed by atoms with Crippen molar-refractivity contribution >= 4 is 39.8 Å². The fourth-order valence-electron chi connectivity index (χ4n) is 12.0. The monoisotopic (exact) mass is 914 g/mol. The maximum absolute atomic E-state index is 5.20. The Morgan fingerprint density at radius 2 is 1.01 bits per heavy atom. The molecule has 2 aromatic heterocycles. The summed E-state index contributed by atoms with van der Waals surface area (Å²) in [6, 6.07) is 77.6. The topological polar surface area (TPSA) is 23.8 Å². The number of nitrogens with zero attached hydrogens (tertiary/aromatic N) is 4. The third-order valence-electron chi connectivity index (χ3n) is 15.6. The highest BCUT2D eigenvalue weighted by atomic mass is 15.1. The van der Waals surface area contributed by atoms with Gasteiger partial charge in [0.25, 0.3) is 0 Å². The first-order valence-corrected chi connectivity index (χ1v) is 25.0. The van der Waals surface area contributed by atoms with Crippen molar-refractivity contribution in [1.82, 2.24) is 9.38 Å². The Kier molecular flexibility index (Phi) is 9.97. The predicted molar refractivity (Wildman–Crippen MR) is 296 cm³/mol. The Bertz CT molecular complexity index is 3730. The molecule has 1 unspecified atom stereocenters. The third kappa shape index (κ3) is 7.00. The van der Waals surface area contributed by atoms with Crippen LogP contribution in [-0.2, 0) is 10.8 Å². The lowest BCUT2D eigenvalue weighted by molar-refractivity contribution is 0.612. The van der Waals surface area contributed by atoms with Gasteiger partial charge in [-0.25, -0.2) is 4.98 Å². The zero-order chi connectivity index (χ0) is 47.8. The molecule has 0 aliphatic heterocycles. The minimum Gasteiger partial charge on any atom is -0.310 e. The third-order valence-corrected chi connectivity index (χ3v) is 15.6. The molecule has 10 aromatic rings. The van der Waals surface area contributed by atoms with Crippen LogP contribution >= 0.6 is 0 Å². The Hall–Kier alpha value is -8.47. The van der Waals surface area contributed by atoms with E-state index in [4.69, 9.17) is 4.98 Å². The van der Waals surface area contributed by atoms with Gasteiger partial charge in [-0.15, -0.1) is 0 Å². The number of fused-ring (bicyclic) bond motifs is 7. The number of hydrogen-bond acceptors (Lipinski definition) is 3. The van der Waals surface area contributed by atoms with Gasteiger partial charge in [0.1, 0.15) is 5.65 Å². The van der Waals surface area contributed by atoms with Crippen molar-refractivity contribution in [2.75, 3.05) is 9.80 Å². The Labute approximate surface area is 417 Å². The van der Waals surface area contributed by atoms with Crippen LogP contribution in [0.1, 0.15) is 62.3 Å². The van der Waals surface area contributed by atoms with E-state index in [1.807, 2.05) is 6.07 Å². The number of allylic oxidation sites excluding steroid dienone is 4. The summed E-state index contributed by atoms with van der Waals surface area (Å²) in [5.74, 6) is 0.443. The van der Waals surface area contributed by atoms with Crippen molar-refractivity contribution in [3.63, 3.8) is 0 Å². The highest BCUT2D eigenvalue weighted by molar-refractivity contribution is 5.88. The highest BCUT2D eigenvalue weighted by Gasteiger charge is 2.42. The molecule has 0 bridgehead atoms. The molecular formula is C67H54N4. The molecule has 8 aromatic carbocycles. The minimum atomic E-state index is -0.112. The van der Waals surface area contributed by atoms with E-state index in [2.05, 4.69) is 273 Å². The summed E-state index contributed by atoms with van der Waals surface area (Å²) >= 11 is 0. The van der Waals surface area contributed by atoms with E-state index in [0.29, 0.717) is 5.92 Å². The molecule has 71 heavy (non-hydrogen) atoms. The van der Waals surface area contributed by atoms with Crippen LogP contribution in [0.4, 0.5) is 34.1 Å². The van der Waals surface area contributed by atoms with Crippen molar-refractivity contribution in [2.24, 2.45) is 0 Å². The Balaban J connectivity index is 0.862. The summed E-state index contributed by atoms with van der Waals surface area (Å²) in [5, 5.41) is 0.